The van der Waals surface area contributed by atoms with Crippen LogP contribution < -0.4 is 0 Å². The summed E-state index contributed by atoms with van der Waals surface area (Å²) in [5.41, 5.74) is 0. The Labute approximate surface area is 95.9 Å². The Morgan fingerprint density at radius 1 is 1.25 bits per heavy atom. The zero-order chi connectivity index (χ0) is 12.1. The fourth-order valence-corrected chi connectivity index (χ4v) is 0.995. The Morgan fingerprint density at radius 2 is 2.06 bits per heavy atom. The predicted molar refractivity (Wildman–Crippen MR) is 60.8 cm³/mol. The number of esters is 1. The molecule has 0 saturated heterocycles. The quantitative estimate of drug-likeness (QED) is 0.198. The zero-order valence-corrected chi connectivity index (χ0v) is 9.56. The summed E-state index contributed by atoms with van der Waals surface area (Å²) in [5, 5.41) is 0. The van der Waals surface area contributed by atoms with Crippen LogP contribution in [0.1, 0.15) is 26.2 Å². The lowest BCUT2D eigenvalue weighted by atomic mass is 10.2. The van der Waals surface area contributed by atoms with E-state index in [9.17, 15) is 9.59 Å². The van der Waals surface area contributed by atoms with Gasteiger partial charge in [-0.15, -0.1) is 0 Å². The Hall–Kier alpha value is -1.58. The van der Waals surface area contributed by atoms with Crippen molar-refractivity contribution >= 4 is 12.4 Å². The predicted octanol–water partition coefficient (Wildman–Crippen LogP) is 2.01. The fraction of sp³-hybridized carbons (Fsp3) is 0.500. The number of ether oxygens (including phenoxy) is 2. The van der Waals surface area contributed by atoms with E-state index in [-0.39, 0.29) is 5.97 Å². The zero-order valence-electron chi connectivity index (χ0n) is 9.56. The van der Waals surface area contributed by atoms with Crippen LogP contribution in [0, 0.1) is 0 Å². The Bertz CT molecular complexity index is 243. The smallest absolute Gasteiger partial charge is 0.330 e. The number of carbonyl (C=O) groups is 2. The van der Waals surface area contributed by atoms with Gasteiger partial charge < -0.3 is 9.47 Å². The van der Waals surface area contributed by atoms with Crippen LogP contribution in [0.25, 0.3) is 0 Å². The molecule has 90 valence electrons. The van der Waals surface area contributed by atoms with Gasteiger partial charge in [-0.25, -0.2) is 4.79 Å². The molecule has 0 aromatic heterocycles. The second-order valence-electron chi connectivity index (χ2n) is 3.00. The number of rotatable bonds is 9. The molecule has 0 aromatic rings. The second kappa shape index (κ2) is 11.5. The minimum absolute atomic E-state index is 0.327. The maximum absolute atomic E-state index is 10.9. The van der Waals surface area contributed by atoms with Gasteiger partial charge in [0.2, 0.25) is 0 Å². The topological polar surface area (TPSA) is 52.6 Å². The van der Waals surface area contributed by atoms with Gasteiger partial charge in [0.25, 0.3) is 6.47 Å². The molecule has 0 aromatic carbocycles. The van der Waals surface area contributed by atoms with Crippen molar-refractivity contribution in [2.75, 3.05) is 13.2 Å². The summed E-state index contributed by atoms with van der Waals surface area (Å²) >= 11 is 0. The molecular formula is C12H18O4. The summed E-state index contributed by atoms with van der Waals surface area (Å²) in [7, 11) is 0. The average molecular weight is 226 g/mol. The first-order valence-electron chi connectivity index (χ1n) is 5.36. The highest BCUT2D eigenvalue weighted by Crippen LogP contribution is 1.97. The number of unbranched alkanes of at least 4 members (excludes halogenated alkanes) is 2. The third-order valence-electron chi connectivity index (χ3n) is 1.72. The van der Waals surface area contributed by atoms with Crippen LogP contribution in [0.2, 0.25) is 0 Å². The average Bonchev–Trinajstić information content (AvgIpc) is 2.27. The molecule has 0 aliphatic rings. The monoisotopic (exact) mass is 226 g/mol. The third kappa shape index (κ3) is 10.5. The van der Waals surface area contributed by atoms with Crippen molar-refractivity contribution in [2.45, 2.75) is 26.2 Å². The van der Waals surface area contributed by atoms with Gasteiger partial charge in [-0.05, 0) is 26.2 Å². The van der Waals surface area contributed by atoms with Gasteiger partial charge >= 0.3 is 5.97 Å². The van der Waals surface area contributed by atoms with Gasteiger partial charge in [0.05, 0.1) is 13.2 Å². The molecule has 0 aliphatic carbocycles. The Morgan fingerprint density at radius 3 is 2.75 bits per heavy atom. The summed E-state index contributed by atoms with van der Waals surface area (Å²) in [4.78, 5) is 20.7. The molecule has 0 saturated carbocycles. The van der Waals surface area contributed by atoms with Crippen molar-refractivity contribution in [3.8, 4) is 0 Å². The number of hydrogen-bond donors (Lipinski definition) is 0. The molecule has 0 aliphatic heterocycles. The van der Waals surface area contributed by atoms with Crippen LogP contribution >= 0.6 is 0 Å². The highest BCUT2D eigenvalue weighted by Gasteiger charge is 1.90. The molecule has 0 unspecified atom stereocenters. The Balaban J connectivity index is 3.40. The highest BCUT2D eigenvalue weighted by molar-refractivity contribution is 5.82. The molecular weight excluding hydrogens is 208 g/mol. The van der Waals surface area contributed by atoms with Crippen LogP contribution in [0.4, 0.5) is 0 Å². The second-order valence-corrected chi connectivity index (χ2v) is 3.00. The van der Waals surface area contributed by atoms with Crippen LogP contribution in [0.3, 0.4) is 0 Å². The van der Waals surface area contributed by atoms with Gasteiger partial charge in [0.1, 0.15) is 0 Å². The largest absolute Gasteiger partial charge is 0.468 e. The van der Waals surface area contributed by atoms with Crippen LogP contribution in [-0.4, -0.2) is 25.7 Å². The van der Waals surface area contributed by atoms with Crippen LogP contribution in [0.5, 0.6) is 0 Å². The lowest BCUT2D eigenvalue weighted by molar-refractivity contribution is -0.137. The summed E-state index contributed by atoms with van der Waals surface area (Å²) in [6.07, 6.45) is 9.50. The van der Waals surface area contributed by atoms with E-state index in [1.54, 1.807) is 19.1 Å². The maximum Gasteiger partial charge on any atom is 0.330 e. The van der Waals surface area contributed by atoms with Gasteiger partial charge in [0.15, 0.2) is 0 Å². The Kier molecular flexibility index (Phi) is 10.4. The molecule has 0 spiro atoms. The van der Waals surface area contributed by atoms with E-state index in [1.807, 2.05) is 6.08 Å². The van der Waals surface area contributed by atoms with E-state index < -0.39 is 0 Å². The molecule has 0 fully saturated rings. The van der Waals surface area contributed by atoms with Gasteiger partial charge in [-0.3, -0.25) is 4.79 Å². The first kappa shape index (κ1) is 14.4. The lowest BCUT2D eigenvalue weighted by Gasteiger charge is -1.95. The molecule has 0 bridgehead atoms. The van der Waals surface area contributed by atoms with Gasteiger partial charge in [-0.1, -0.05) is 18.2 Å². The van der Waals surface area contributed by atoms with Crippen LogP contribution in [0.15, 0.2) is 24.3 Å². The normalized spacial score (nSPS) is 10.8. The minimum Gasteiger partial charge on any atom is -0.468 e. The minimum atomic E-state index is -0.327. The van der Waals surface area contributed by atoms with E-state index in [2.05, 4.69) is 4.74 Å². The first-order valence-corrected chi connectivity index (χ1v) is 5.36. The van der Waals surface area contributed by atoms with E-state index in [0.717, 1.165) is 19.3 Å². The number of hydrogen-bond acceptors (Lipinski definition) is 4. The molecule has 0 amide bonds. The molecule has 0 rings (SSSR count). The molecule has 0 N–H and O–H groups in total. The molecule has 0 heterocycles. The van der Waals surface area contributed by atoms with E-state index in [4.69, 9.17) is 4.74 Å². The molecule has 4 nitrogen and oxygen atoms in total. The summed E-state index contributed by atoms with van der Waals surface area (Å²) in [5.74, 6) is -0.327. The van der Waals surface area contributed by atoms with Crippen molar-refractivity contribution in [3.05, 3.63) is 24.3 Å². The van der Waals surface area contributed by atoms with Crippen molar-refractivity contribution in [2.24, 2.45) is 0 Å². The van der Waals surface area contributed by atoms with Gasteiger partial charge in [-0.2, -0.15) is 0 Å². The summed E-state index contributed by atoms with van der Waals surface area (Å²) in [6.45, 7) is 3.08. The van der Waals surface area contributed by atoms with Crippen molar-refractivity contribution in [1.82, 2.24) is 0 Å². The number of allylic oxidation sites excluding steroid dienone is 3. The lowest BCUT2D eigenvalue weighted by Crippen LogP contribution is -1.98. The van der Waals surface area contributed by atoms with Crippen molar-refractivity contribution < 1.29 is 19.1 Å². The number of carbonyl (C=O) groups excluding carboxylic acids is 2. The van der Waals surface area contributed by atoms with Crippen LogP contribution in [-0.2, 0) is 19.1 Å². The summed E-state index contributed by atoms with van der Waals surface area (Å²) in [6, 6.07) is 0. The maximum atomic E-state index is 10.9. The molecule has 0 radical (unpaired) electrons. The van der Waals surface area contributed by atoms with E-state index in [0.29, 0.717) is 19.7 Å². The van der Waals surface area contributed by atoms with Crippen molar-refractivity contribution in [3.63, 3.8) is 0 Å². The molecule has 16 heavy (non-hydrogen) atoms. The van der Waals surface area contributed by atoms with Gasteiger partial charge in [0, 0.05) is 6.08 Å². The van der Waals surface area contributed by atoms with E-state index in [1.165, 1.54) is 6.08 Å². The highest BCUT2D eigenvalue weighted by atomic mass is 16.5. The van der Waals surface area contributed by atoms with E-state index >= 15 is 0 Å². The third-order valence-corrected chi connectivity index (χ3v) is 1.72. The SMILES string of the molecule is CCOC(=O)C=CC=CCCCCOC=O. The molecule has 0 atom stereocenters. The standard InChI is InChI=1S/C12H18O4/c1-2-16-12(14)9-7-5-3-4-6-8-10-15-11-13/h3,5,7,9,11H,2,4,6,8,10H2,1H3. The fourth-order valence-electron chi connectivity index (χ4n) is 0.995. The van der Waals surface area contributed by atoms with Crippen molar-refractivity contribution in [1.29, 1.82) is 0 Å². The summed E-state index contributed by atoms with van der Waals surface area (Å²) < 4.78 is 9.24. The first-order chi connectivity index (χ1) is 7.81. The molecule has 4 heteroatoms.